The number of rotatable bonds is 8. The number of carbonyl (C=O) groups excluding carboxylic acids is 2. The molecule has 0 saturated heterocycles. The largest absolute Gasteiger partial charge is 0.466 e. The molecule has 2 N–H and O–H groups in total. The zero-order valence-electron chi connectivity index (χ0n) is 19.2. The molecule has 0 aromatic heterocycles. The minimum Gasteiger partial charge on any atom is -0.466 e. The third-order valence-electron chi connectivity index (χ3n) is 5.68. The van der Waals surface area contributed by atoms with Gasteiger partial charge in [0.25, 0.3) is 0 Å². The van der Waals surface area contributed by atoms with Crippen molar-refractivity contribution in [2.24, 2.45) is 11.8 Å². The average Bonchev–Trinajstić information content (AvgIpc) is 2.70. The van der Waals surface area contributed by atoms with Crippen molar-refractivity contribution in [3.63, 3.8) is 0 Å². The number of hydrogen-bond acceptors (Lipinski definition) is 6. The van der Waals surface area contributed by atoms with E-state index < -0.39 is 0 Å². The van der Waals surface area contributed by atoms with Crippen molar-refractivity contribution in [3.8, 4) is 0 Å². The van der Waals surface area contributed by atoms with Crippen LogP contribution in [0.3, 0.4) is 0 Å². The molecule has 0 amide bonds. The lowest BCUT2D eigenvalue weighted by atomic mass is 9.86. The van der Waals surface area contributed by atoms with E-state index in [1.54, 1.807) is 0 Å². The Labute approximate surface area is 195 Å². The van der Waals surface area contributed by atoms with Crippen LogP contribution in [0.2, 0.25) is 0 Å². The fourth-order valence-corrected chi connectivity index (χ4v) is 4.16. The van der Waals surface area contributed by atoms with Gasteiger partial charge in [0.15, 0.2) is 0 Å². The molecule has 2 aliphatic carbocycles. The molecule has 6 nitrogen and oxygen atoms in total. The van der Waals surface area contributed by atoms with E-state index in [2.05, 4.69) is 24.5 Å². The highest BCUT2D eigenvalue weighted by Gasteiger charge is 2.27. The van der Waals surface area contributed by atoms with Crippen molar-refractivity contribution in [1.82, 2.24) is 10.6 Å². The summed E-state index contributed by atoms with van der Waals surface area (Å²) in [5.41, 5.74) is 0. The second-order valence-corrected chi connectivity index (χ2v) is 7.72. The summed E-state index contributed by atoms with van der Waals surface area (Å²) in [7, 11) is 0. The molecule has 0 heterocycles. The first-order valence-electron chi connectivity index (χ1n) is 11.4. The smallest absolute Gasteiger partial charge is 0.308 e. The lowest BCUT2D eigenvalue weighted by Gasteiger charge is -2.27. The maximum atomic E-state index is 11.4. The number of halogens is 2. The lowest BCUT2D eigenvalue weighted by Crippen LogP contribution is -2.35. The maximum absolute atomic E-state index is 11.4. The second kappa shape index (κ2) is 19.1. The third kappa shape index (κ3) is 12.3. The summed E-state index contributed by atoms with van der Waals surface area (Å²) < 4.78 is 10.0. The molecule has 0 atom stereocenters. The van der Waals surface area contributed by atoms with Crippen LogP contribution in [0, 0.1) is 11.8 Å². The molecule has 2 fully saturated rings. The minimum absolute atomic E-state index is 0. The average molecular weight is 472 g/mol. The number of nitrogens with one attached hydrogen (secondary N) is 2. The highest BCUT2D eigenvalue weighted by molar-refractivity contribution is 5.85. The zero-order valence-corrected chi connectivity index (χ0v) is 20.9. The van der Waals surface area contributed by atoms with E-state index >= 15 is 0 Å². The molecule has 0 unspecified atom stereocenters. The molecule has 2 aliphatic rings. The minimum atomic E-state index is 0. The van der Waals surface area contributed by atoms with Crippen molar-refractivity contribution in [3.05, 3.63) is 0 Å². The first kappa shape index (κ1) is 31.6. The summed E-state index contributed by atoms with van der Waals surface area (Å²) in [6.07, 6.45) is 8.36. The molecule has 8 heteroatoms. The Balaban J connectivity index is 0. The van der Waals surface area contributed by atoms with Crippen LogP contribution in [0.4, 0.5) is 0 Å². The molecule has 180 valence electrons. The standard InChI is InChI=1S/2C11H21NO2.2ClH/c2*1-3-12-10-7-5-9(6-8-10)11(13)14-4-2;;/h2*9-10,12H,3-8H2,1-2H3;2*1H. The predicted molar refractivity (Wildman–Crippen MR) is 127 cm³/mol. The first-order valence-corrected chi connectivity index (χ1v) is 11.4. The fourth-order valence-electron chi connectivity index (χ4n) is 4.16. The van der Waals surface area contributed by atoms with E-state index in [-0.39, 0.29) is 48.6 Å². The molecule has 30 heavy (non-hydrogen) atoms. The Morgan fingerprint density at radius 3 is 1.17 bits per heavy atom. The SMILES string of the molecule is CCNC1CCC(C(=O)OCC)CC1.CCNC1CCC(C(=O)OCC)CC1.Cl.Cl. The fraction of sp³-hybridized carbons (Fsp3) is 0.909. The lowest BCUT2D eigenvalue weighted by molar-refractivity contribution is -0.150. The summed E-state index contributed by atoms with van der Waals surface area (Å²) in [5, 5.41) is 6.85. The Morgan fingerprint density at radius 2 is 0.933 bits per heavy atom. The van der Waals surface area contributed by atoms with Crippen molar-refractivity contribution >= 4 is 36.8 Å². The van der Waals surface area contributed by atoms with Crippen LogP contribution >= 0.6 is 24.8 Å². The zero-order chi connectivity index (χ0) is 20.8. The van der Waals surface area contributed by atoms with Crippen molar-refractivity contribution in [1.29, 1.82) is 0 Å². The van der Waals surface area contributed by atoms with Crippen molar-refractivity contribution in [2.75, 3.05) is 26.3 Å². The normalized spacial score (nSPS) is 25.5. The Morgan fingerprint density at radius 1 is 0.633 bits per heavy atom. The highest BCUT2D eigenvalue weighted by atomic mass is 35.5. The molecular weight excluding hydrogens is 427 g/mol. The topological polar surface area (TPSA) is 76.7 Å². The quantitative estimate of drug-likeness (QED) is 0.515. The molecular formula is C22H44Cl2N2O4. The van der Waals surface area contributed by atoms with Gasteiger partial charge in [0.05, 0.1) is 25.0 Å². The molecule has 0 aromatic rings. The van der Waals surface area contributed by atoms with Gasteiger partial charge in [-0.25, -0.2) is 0 Å². The van der Waals surface area contributed by atoms with Crippen LogP contribution in [0.5, 0.6) is 0 Å². The van der Waals surface area contributed by atoms with E-state index in [0.717, 1.165) is 64.5 Å². The molecule has 0 aromatic carbocycles. The predicted octanol–water partition coefficient (Wildman–Crippen LogP) is 4.28. The Bertz CT molecular complexity index is 399. The van der Waals surface area contributed by atoms with Crippen molar-refractivity contribution < 1.29 is 19.1 Å². The van der Waals surface area contributed by atoms with E-state index in [9.17, 15) is 9.59 Å². The molecule has 2 saturated carbocycles. The van der Waals surface area contributed by atoms with Gasteiger partial charge in [-0.15, -0.1) is 24.8 Å². The van der Waals surface area contributed by atoms with Gasteiger partial charge in [-0.2, -0.15) is 0 Å². The van der Waals surface area contributed by atoms with E-state index in [0.29, 0.717) is 25.3 Å². The Hall–Kier alpha value is -0.560. The van der Waals surface area contributed by atoms with Crippen LogP contribution in [-0.4, -0.2) is 50.3 Å². The number of ether oxygens (including phenoxy) is 2. The van der Waals surface area contributed by atoms with E-state index in [1.165, 1.54) is 0 Å². The van der Waals surface area contributed by atoms with Gasteiger partial charge in [0, 0.05) is 12.1 Å². The van der Waals surface area contributed by atoms with Gasteiger partial charge >= 0.3 is 11.9 Å². The summed E-state index contributed by atoms with van der Waals surface area (Å²) in [5.74, 6) is 0.319. The van der Waals surface area contributed by atoms with E-state index in [4.69, 9.17) is 9.47 Å². The number of carbonyl (C=O) groups is 2. The number of hydrogen-bond donors (Lipinski definition) is 2. The first-order chi connectivity index (χ1) is 13.5. The summed E-state index contributed by atoms with van der Waals surface area (Å²) in [6, 6.07) is 1.23. The molecule has 2 rings (SSSR count). The van der Waals surface area contributed by atoms with Crippen LogP contribution in [0.15, 0.2) is 0 Å². The van der Waals surface area contributed by atoms with Gasteiger partial charge in [0.2, 0.25) is 0 Å². The van der Waals surface area contributed by atoms with Gasteiger partial charge in [0.1, 0.15) is 0 Å². The summed E-state index contributed by atoms with van der Waals surface area (Å²) in [4.78, 5) is 22.8. The summed E-state index contributed by atoms with van der Waals surface area (Å²) >= 11 is 0. The second-order valence-electron chi connectivity index (χ2n) is 7.72. The monoisotopic (exact) mass is 470 g/mol. The van der Waals surface area contributed by atoms with Gasteiger partial charge in [-0.3, -0.25) is 9.59 Å². The Kier molecular flexibility index (Phi) is 20.2. The highest BCUT2D eigenvalue weighted by Crippen LogP contribution is 2.26. The van der Waals surface area contributed by atoms with E-state index in [1.807, 2.05) is 13.8 Å². The molecule has 0 radical (unpaired) electrons. The van der Waals surface area contributed by atoms with Crippen LogP contribution in [-0.2, 0) is 19.1 Å². The summed E-state index contributed by atoms with van der Waals surface area (Å²) in [6.45, 7) is 11.0. The van der Waals surface area contributed by atoms with Gasteiger partial charge < -0.3 is 20.1 Å². The van der Waals surface area contributed by atoms with Crippen LogP contribution in [0.25, 0.3) is 0 Å². The third-order valence-corrected chi connectivity index (χ3v) is 5.68. The molecule has 0 aliphatic heterocycles. The van der Waals surface area contributed by atoms with Crippen LogP contribution < -0.4 is 10.6 Å². The van der Waals surface area contributed by atoms with Gasteiger partial charge in [-0.1, -0.05) is 13.8 Å². The van der Waals surface area contributed by atoms with Crippen molar-refractivity contribution in [2.45, 2.75) is 91.1 Å². The maximum Gasteiger partial charge on any atom is 0.308 e. The van der Waals surface area contributed by atoms with Gasteiger partial charge in [-0.05, 0) is 78.3 Å². The molecule has 0 bridgehead atoms. The van der Waals surface area contributed by atoms with Crippen LogP contribution in [0.1, 0.15) is 79.1 Å². The number of esters is 2. The molecule has 0 spiro atoms.